The van der Waals surface area contributed by atoms with E-state index in [0.717, 1.165) is 24.4 Å². The predicted molar refractivity (Wildman–Crippen MR) is 82.6 cm³/mol. The average Bonchev–Trinajstić information content (AvgIpc) is 2.96. The molecule has 0 aliphatic rings. The topological polar surface area (TPSA) is 77.5 Å². The van der Waals surface area contributed by atoms with Crippen LogP contribution in [-0.2, 0) is 6.42 Å². The van der Waals surface area contributed by atoms with Crippen molar-refractivity contribution in [2.24, 2.45) is 0 Å². The number of ether oxygens (including phenoxy) is 1. The van der Waals surface area contributed by atoms with Crippen LogP contribution in [0.15, 0.2) is 42.9 Å². The molecule has 2 aromatic heterocycles. The molecule has 6 nitrogen and oxygen atoms in total. The standard InChI is InChI=1S/C15H17N5O/c1-21-12-4-2-11(3-5-12)6-7-17-14-15-18-8-9-20(15)10-13(16)19-14/h2-5,8-10H,6-7,16H2,1H3,(H,17,19). The van der Waals surface area contributed by atoms with E-state index >= 15 is 0 Å². The summed E-state index contributed by atoms with van der Waals surface area (Å²) in [5.74, 6) is 2.03. The third-order valence-corrected chi connectivity index (χ3v) is 3.26. The maximum Gasteiger partial charge on any atom is 0.180 e. The zero-order chi connectivity index (χ0) is 14.7. The third kappa shape index (κ3) is 2.89. The lowest BCUT2D eigenvalue weighted by Gasteiger charge is -2.08. The molecule has 3 N–H and O–H groups in total. The van der Waals surface area contributed by atoms with Crippen molar-refractivity contribution < 1.29 is 4.74 Å². The summed E-state index contributed by atoms with van der Waals surface area (Å²) in [6, 6.07) is 8.03. The largest absolute Gasteiger partial charge is 0.497 e. The Kier molecular flexibility index (Phi) is 3.59. The first-order chi connectivity index (χ1) is 10.3. The number of benzene rings is 1. The zero-order valence-corrected chi connectivity index (χ0v) is 11.8. The summed E-state index contributed by atoms with van der Waals surface area (Å²) in [5, 5.41) is 3.29. The zero-order valence-electron chi connectivity index (χ0n) is 11.8. The van der Waals surface area contributed by atoms with Gasteiger partial charge in [0.05, 0.1) is 13.3 Å². The molecule has 0 saturated carbocycles. The molecule has 0 spiro atoms. The van der Waals surface area contributed by atoms with E-state index in [9.17, 15) is 0 Å². The number of hydrogen-bond donors (Lipinski definition) is 2. The maximum atomic E-state index is 5.79. The van der Waals surface area contributed by atoms with Crippen LogP contribution in [0.3, 0.4) is 0 Å². The van der Waals surface area contributed by atoms with Crippen LogP contribution in [0.5, 0.6) is 5.75 Å². The number of nitrogens with zero attached hydrogens (tertiary/aromatic N) is 3. The maximum absolute atomic E-state index is 5.79. The monoisotopic (exact) mass is 283 g/mol. The molecule has 2 heterocycles. The fourth-order valence-electron chi connectivity index (χ4n) is 2.19. The smallest absolute Gasteiger partial charge is 0.180 e. The second-order valence-corrected chi connectivity index (χ2v) is 4.70. The lowest BCUT2D eigenvalue weighted by Crippen LogP contribution is -2.09. The highest BCUT2D eigenvalue weighted by atomic mass is 16.5. The Balaban J connectivity index is 1.67. The lowest BCUT2D eigenvalue weighted by molar-refractivity contribution is 0.414. The van der Waals surface area contributed by atoms with Gasteiger partial charge in [-0.15, -0.1) is 0 Å². The van der Waals surface area contributed by atoms with Crippen molar-refractivity contribution in [3.8, 4) is 5.75 Å². The van der Waals surface area contributed by atoms with Gasteiger partial charge >= 0.3 is 0 Å². The van der Waals surface area contributed by atoms with Gasteiger partial charge in [-0.2, -0.15) is 0 Å². The molecule has 6 heteroatoms. The van der Waals surface area contributed by atoms with Crippen molar-refractivity contribution in [3.63, 3.8) is 0 Å². The Hall–Kier alpha value is -2.76. The van der Waals surface area contributed by atoms with Gasteiger partial charge in [0, 0.05) is 18.9 Å². The molecule has 0 amide bonds. The van der Waals surface area contributed by atoms with Crippen molar-refractivity contribution in [3.05, 3.63) is 48.4 Å². The average molecular weight is 283 g/mol. The number of rotatable bonds is 5. The Morgan fingerprint density at radius 3 is 2.86 bits per heavy atom. The van der Waals surface area contributed by atoms with Gasteiger partial charge in [-0.1, -0.05) is 12.1 Å². The Morgan fingerprint density at radius 2 is 2.10 bits per heavy atom. The molecule has 0 bridgehead atoms. The minimum Gasteiger partial charge on any atom is -0.497 e. The second kappa shape index (κ2) is 5.70. The van der Waals surface area contributed by atoms with Crippen LogP contribution < -0.4 is 15.8 Å². The molecule has 0 unspecified atom stereocenters. The van der Waals surface area contributed by atoms with E-state index in [1.807, 2.05) is 22.7 Å². The minimum atomic E-state index is 0.465. The summed E-state index contributed by atoms with van der Waals surface area (Å²) < 4.78 is 7.00. The number of nitrogens with one attached hydrogen (secondary N) is 1. The number of methoxy groups -OCH3 is 1. The molecular weight excluding hydrogens is 266 g/mol. The van der Waals surface area contributed by atoms with Gasteiger partial charge in [-0.05, 0) is 24.1 Å². The Labute approximate surface area is 122 Å². The van der Waals surface area contributed by atoms with Crippen LogP contribution in [0.25, 0.3) is 5.65 Å². The molecule has 0 radical (unpaired) electrons. The van der Waals surface area contributed by atoms with Crippen molar-refractivity contribution in [2.75, 3.05) is 24.7 Å². The van der Waals surface area contributed by atoms with Crippen molar-refractivity contribution >= 4 is 17.3 Å². The van der Waals surface area contributed by atoms with E-state index in [1.165, 1.54) is 5.56 Å². The van der Waals surface area contributed by atoms with Gasteiger partial charge < -0.3 is 20.2 Å². The van der Waals surface area contributed by atoms with Crippen LogP contribution in [-0.4, -0.2) is 28.0 Å². The normalized spacial score (nSPS) is 10.7. The van der Waals surface area contributed by atoms with E-state index in [2.05, 4.69) is 27.4 Å². The summed E-state index contributed by atoms with van der Waals surface area (Å²) >= 11 is 0. The number of fused-ring (bicyclic) bond motifs is 1. The summed E-state index contributed by atoms with van der Waals surface area (Å²) in [7, 11) is 1.66. The Bertz CT molecular complexity index is 735. The van der Waals surface area contributed by atoms with Crippen LogP contribution in [0.2, 0.25) is 0 Å². The predicted octanol–water partition coefficient (Wildman–Crippen LogP) is 1.97. The molecule has 0 aliphatic carbocycles. The van der Waals surface area contributed by atoms with Gasteiger partial charge in [0.25, 0.3) is 0 Å². The van der Waals surface area contributed by atoms with Crippen molar-refractivity contribution in [1.82, 2.24) is 14.4 Å². The number of anilines is 2. The molecular formula is C15H17N5O. The van der Waals surface area contributed by atoms with Crippen molar-refractivity contribution in [1.29, 1.82) is 0 Å². The van der Waals surface area contributed by atoms with Gasteiger partial charge in [-0.25, -0.2) is 9.97 Å². The quantitative estimate of drug-likeness (QED) is 0.748. The van der Waals surface area contributed by atoms with E-state index in [4.69, 9.17) is 10.5 Å². The summed E-state index contributed by atoms with van der Waals surface area (Å²) in [4.78, 5) is 8.57. The molecule has 0 saturated heterocycles. The number of nitrogens with two attached hydrogens (primary N) is 1. The van der Waals surface area contributed by atoms with Crippen LogP contribution in [0.1, 0.15) is 5.56 Å². The number of aromatic nitrogens is 3. The van der Waals surface area contributed by atoms with E-state index in [1.54, 1.807) is 19.5 Å². The first-order valence-electron chi connectivity index (χ1n) is 6.72. The molecule has 3 aromatic rings. The molecule has 0 atom stereocenters. The second-order valence-electron chi connectivity index (χ2n) is 4.70. The molecule has 0 fully saturated rings. The van der Waals surface area contributed by atoms with Gasteiger partial charge in [-0.3, -0.25) is 0 Å². The molecule has 3 rings (SSSR count). The van der Waals surface area contributed by atoms with Crippen LogP contribution in [0, 0.1) is 0 Å². The fourth-order valence-corrected chi connectivity index (χ4v) is 2.19. The lowest BCUT2D eigenvalue weighted by atomic mass is 10.1. The summed E-state index contributed by atoms with van der Waals surface area (Å²) in [5.41, 5.74) is 7.79. The van der Waals surface area contributed by atoms with Crippen molar-refractivity contribution in [2.45, 2.75) is 6.42 Å². The first-order valence-corrected chi connectivity index (χ1v) is 6.72. The first kappa shape index (κ1) is 13.2. The third-order valence-electron chi connectivity index (χ3n) is 3.26. The highest BCUT2D eigenvalue weighted by molar-refractivity contribution is 5.64. The fraction of sp³-hybridized carbons (Fsp3) is 0.200. The highest BCUT2D eigenvalue weighted by Crippen LogP contribution is 2.15. The number of nitrogen functional groups attached to an aromatic ring is 1. The molecule has 108 valence electrons. The van der Waals surface area contributed by atoms with Crippen LogP contribution >= 0.6 is 0 Å². The minimum absolute atomic E-state index is 0.465. The molecule has 0 aliphatic heterocycles. The number of hydrogen-bond acceptors (Lipinski definition) is 5. The van der Waals surface area contributed by atoms with Gasteiger partial charge in [0.2, 0.25) is 0 Å². The van der Waals surface area contributed by atoms with Gasteiger partial charge in [0.1, 0.15) is 11.6 Å². The highest BCUT2D eigenvalue weighted by Gasteiger charge is 2.05. The summed E-state index contributed by atoms with van der Waals surface area (Å²) in [6.07, 6.45) is 6.21. The van der Waals surface area contributed by atoms with E-state index in [-0.39, 0.29) is 0 Å². The molecule has 1 aromatic carbocycles. The molecule has 21 heavy (non-hydrogen) atoms. The SMILES string of the molecule is COc1ccc(CCNc2nc(N)cn3ccnc23)cc1. The Morgan fingerprint density at radius 1 is 1.29 bits per heavy atom. The van der Waals surface area contributed by atoms with E-state index in [0.29, 0.717) is 11.6 Å². The van der Waals surface area contributed by atoms with Crippen LogP contribution in [0.4, 0.5) is 11.6 Å². The number of imidazole rings is 1. The van der Waals surface area contributed by atoms with Gasteiger partial charge in [0.15, 0.2) is 11.5 Å². The summed E-state index contributed by atoms with van der Waals surface area (Å²) in [6.45, 7) is 0.755. The van der Waals surface area contributed by atoms with E-state index < -0.39 is 0 Å².